The Hall–Kier alpha value is -2.88. The summed E-state index contributed by atoms with van der Waals surface area (Å²) < 4.78 is 86.7. The Bertz CT molecular complexity index is 1210. The summed E-state index contributed by atoms with van der Waals surface area (Å²) in [5.41, 5.74) is -2.11. The number of rotatable bonds is 9. The predicted octanol–water partition coefficient (Wildman–Crippen LogP) is 4.40. The molecule has 39 heavy (non-hydrogen) atoms. The number of likely N-dealkylation sites (N-methyl/N-ethyl adjacent to an activating group) is 1. The van der Waals surface area contributed by atoms with Gasteiger partial charge < -0.3 is 20.3 Å². The van der Waals surface area contributed by atoms with Crippen LogP contribution in [0.15, 0.2) is 30.3 Å². The van der Waals surface area contributed by atoms with E-state index in [2.05, 4.69) is 10.6 Å². The van der Waals surface area contributed by atoms with E-state index < -0.39 is 60.5 Å². The van der Waals surface area contributed by atoms with Crippen molar-refractivity contribution < 1.29 is 45.5 Å². The molecule has 1 aliphatic heterocycles. The minimum atomic E-state index is -4.98. The lowest BCUT2D eigenvalue weighted by atomic mass is 10.1. The molecule has 2 heterocycles. The van der Waals surface area contributed by atoms with Gasteiger partial charge in [0.15, 0.2) is 0 Å². The molecule has 2 aromatic rings. The molecule has 1 aliphatic rings. The smallest absolute Gasteiger partial charge is 0.370 e. The van der Waals surface area contributed by atoms with Crippen molar-refractivity contribution in [2.75, 3.05) is 49.6 Å². The average molecular weight is 601 g/mol. The fourth-order valence-electron chi connectivity index (χ4n) is 3.82. The molecule has 0 saturated carbocycles. The molecule has 1 aromatic heterocycles. The van der Waals surface area contributed by atoms with Crippen LogP contribution in [0, 0.1) is 0 Å². The number of halogens is 7. The first-order chi connectivity index (χ1) is 18.2. The number of morpholine rings is 1. The molecule has 1 saturated heterocycles. The zero-order valence-corrected chi connectivity index (χ0v) is 21.9. The molecule has 0 aliphatic carbocycles. The van der Waals surface area contributed by atoms with Gasteiger partial charge in [-0.25, -0.2) is 0 Å². The van der Waals surface area contributed by atoms with Gasteiger partial charge in [0, 0.05) is 18.8 Å². The maximum absolute atomic E-state index is 13.9. The third-order valence-corrected chi connectivity index (χ3v) is 6.88. The highest BCUT2D eigenvalue weighted by atomic mass is 35.5. The van der Waals surface area contributed by atoms with Crippen molar-refractivity contribution in [1.82, 2.24) is 10.2 Å². The third-order valence-electron chi connectivity index (χ3n) is 5.65. The van der Waals surface area contributed by atoms with Gasteiger partial charge in [-0.2, -0.15) is 26.3 Å². The molecule has 1 aromatic carbocycles. The van der Waals surface area contributed by atoms with Crippen LogP contribution in [-0.4, -0.2) is 74.2 Å². The number of hydrogen-bond donors (Lipinski definition) is 2. The SMILES string of the molecule is CCN(CC(F)(F)F)[C@@H](CNC(=O)c1ccc(Cl)s1)C(=O)Nc1ccc(N2CCOCC2=O)cc1C(F)(F)F. The fraction of sp³-hybridized carbons (Fsp3) is 0.435. The standard InChI is InChI=1S/C23H23ClF6N4O4S/c1-2-33(12-22(25,26)27)16(10-31-21(37)17-5-6-18(24)39-17)20(36)32-15-4-3-13(9-14(15)23(28,29)30)34-7-8-38-11-19(34)35/h3-6,9,16H,2,7-8,10-12H2,1H3,(H,31,37)(H,32,36)/t16-/m0/s1. The molecule has 8 nitrogen and oxygen atoms in total. The average Bonchev–Trinajstić information content (AvgIpc) is 3.29. The summed E-state index contributed by atoms with van der Waals surface area (Å²) in [5.74, 6) is -2.48. The second kappa shape index (κ2) is 12.5. The van der Waals surface area contributed by atoms with Crippen LogP contribution in [0.1, 0.15) is 22.2 Å². The minimum absolute atomic E-state index is 0.0158. The molecule has 3 amide bonds. The summed E-state index contributed by atoms with van der Waals surface area (Å²) in [6.45, 7) is -1.33. The van der Waals surface area contributed by atoms with Crippen molar-refractivity contribution in [1.29, 1.82) is 0 Å². The lowest BCUT2D eigenvalue weighted by molar-refractivity contribution is -0.153. The summed E-state index contributed by atoms with van der Waals surface area (Å²) in [4.78, 5) is 39.5. The molecule has 0 radical (unpaired) electrons. The van der Waals surface area contributed by atoms with Gasteiger partial charge in [-0.1, -0.05) is 18.5 Å². The summed E-state index contributed by atoms with van der Waals surface area (Å²) in [6.07, 6.45) is -9.71. The van der Waals surface area contributed by atoms with Gasteiger partial charge in [0.1, 0.15) is 12.6 Å². The molecule has 0 unspecified atom stereocenters. The van der Waals surface area contributed by atoms with E-state index in [4.69, 9.17) is 16.3 Å². The van der Waals surface area contributed by atoms with E-state index in [1.165, 1.54) is 25.1 Å². The normalized spacial score (nSPS) is 15.4. The van der Waals surface area contributed by atoms with Crippen LogP contribution in [0.5, 0.6) is 0 Å². The molecule has 3 rings (SSSR count). The largest absolute Gasteiger partial charge is 0.418 e. The maximum Gasteiger partial charge on any atom is 0.418 e. The monoisotopic (exact) mass is 600 g/mol. The highest BCUT2D eigenvalue weighted by Crippen LogP contribution is 2.38. The van der Waals surface area contributed by atoms with Crippen molar-refractivity contribution in [3.8, 4) is 0 Å². The molecule has 214 valence electrons. The van der Waals surface area contributed by atoms with Gasteiger partial charge in [0.25, 0.3) is 11.8 Å². The molecule has 1 atom stereocenters. The number of benzene rings is 1. The van der Waals surface area contributed by atoms with E-state index in [-0.39, 0.29) is 41.2 Å². The number of amides is 3. The van der Waals surface area contributed by atoms with Crippen molar-refractivity contribution in [3.63, 3.8) is 0 Å². The first-order valence-electron chi connectivity index (χ1n) is 11.4. The second-order valence-corrected chi connectivity index (χ2v) is 10.0. The highest BCUT2D eigenvalue weighted by molar-refractivity contribution is 7.18. The summed E-state index contributed by atoms with van der Waals surface area (Å²) in [6, 6.07) is 3.89. The summed E-state index contributed by atoms with van der Waals surface area (Å²) in [5, 5.41) is 4.41. The van der Waals surface area contributed by atoms with Crippen molar-refractivity contribution in [2.45, 2.75) is 25.3 Å². The highest BCUT2D eigenvalue weighted by Gasteiger charge is 2.39. The van der Waals surface area contributed by atoms with Crippen LogP contribution in [0.3, 0.4) is 0 Å². The van der Waals surface area contributed by atoms with Crippen LogP contribution in [-0.2, 0) is 20.5 Å². The number of anilines is 2. The van der Waals surface area contributed by atoms with Crippen molar-refractivity contribution >= 4 is 52.0 Å². The quantitative estimate of drug-likeness (QED) is 0.417. The molecule has 16 heteroatoms. The minimum Gasteiger partial charge on any atom is -0.370 e. The van der Waals surface area contributed by atoms with Gasteiger partial charge in [0.2, 0.25) is 5.91 Å². The Balaban J connectivity index is 1.89. The Kier molecular flexibility index (Phi) is 9.85. The molecule has 2 N–H and O–H groups in total. The zero-order chi connectivity index (χ0) is 29.0. The van der Waals surface area contributed by atoms with E-state index in [1.807, 2.05) is 0 Å². The van der Waals surface area contributed by atoms with E-state index in [0.717, 1.165) is 22.3 Å². The van der Waals surface area contributed by atoms with E-state index in [0.29, 0.717) is 11.0 Å². The molecular formula is C23H23ClF6N4O4S. The van der Waals surface area contributed by atoms with E-state index in [9.17, 15) is 40.7 Å². The van der Waals surface area contributed by atoms with Crippen LogP contribution in [0.4, 0.5) is 37.7 Å². The number of hydrogen-bond acceptors (Lipinski definition) is 6. The number of nitrogens with one attached hydrogen (secondary N) is 2. The Morgan fingerprint density at radius 3 is 2.46 bits per heavy atom. The molecule has 0 bridgehead atoms. The third kappa shape index (κ3) is 8.30. The van der Waals surface area contributed by atoms with Crippen molar-refractivity contribution in [2.24, 2.45) is 0 Å². The zero-order valence-electron chi connectivity index (χ0n) is 20.3. The Morgan fingerprint density at radius 2 is 1.90 bits per heavy atom. The van der Waals surface area contributed by atoms with Crippen LogP contribution in [0.2, 0.25) is 4.34 Å². The number of thiophene rings is 1. The summed E-state index contributed by atoms with van der Waals surface area (Å²) >= 11 is 6.69. The van der Waals surface area contributed by atoms with E-state index in [1.54, 1.807) is 0 Å². The van der Waals surface area contributed by atoms with Crippen LogP contribution < -0.4 is 15.5 Å². The molecular weight excluding hydrogens is 578 g/mol. The first kappa shape index (κ1) is 30.7. The van der Waals surface area contributed by atoms with Gasteiger partial charge in [-0.05, 0) is 36.9 Å². The maximum atomic E-state index is 13.9. The van der Waals surface area contributed by atoms with Gasteiger partial charge in [0.05, 0.1) is 33.6 Å². The topological polar surface area (TPSA) is 91.0 Å². The number of ether oxygens (including phenoxy) is 1. The lowest BCUT2D eigenvalue weighted by Crippen LogP contribution is -2.53. The molecule has 1 fully saturated rings. The predicted molar refractivity (Wildman–Crippen MR) is 132 cm³/mol. The lowest BCUT2D eigenvalue weighted by Gasteiger charge is -2.31. The number of carbonyl (C=O) groups is 3. The van der Waals surface area contributed by atoms with Crippen LogP contribution in [0.25, 0.3) is 0 Å². The second-order valence-electron chi connectivity index (χ2n) is 8.32. The number of carbonyl (C=O) groups excluding carboxylic acids is 3. The van der Waals surface area contributed by atoms with Gasteiger partial charge in [-0.3, -0.25) is 19.3 Å². The van der Waals surface area contributed by atoms with Crippen LogP contribution >= 0.6 is 22.9 Å². The fourth-order valence-corrected chi connectivity index (χ4v) is 4.78. The van der Waals surface area contributed by atoms with Crippen molar-refractivity contribution in [3.05, 3.63) is 45.1 Å². The Labute approximate surface area is 227 Å². The summed E-state index contributed by atoms with van der Waals surface area (Å²) in [7, 11) is 0. The van der Waals surface area contributed by atoms with Gasteiger partial charge in [-0.15, -0.1) is 11.3 Å². The van der Waals surface area contributed by atoms with E-state index >= 15 is 0 Å². The first-order valence-corrected chi connectivity index (χ1v) is 12.6. The number of nitrogens with zero attached hydrogens (tertiary/aromatic N) is 2. The number of alkyl halides is 6. The Morgan fingerprint density at radius 1 is 1.18 bits per heavy atom. The molecule has 0 spiro atoms. The van der Waals surface area contributed by atoms with Gasteiger partial charge >= 0.3 is 12.4 Å².